The van der Waals surface area contributed by atoms with Crippen molar-refractivity contribution < 1.29 is 9.18 Å². The molecule has 0 bridgehead atoms. The number of aryl methyl sites for hydroxylation is 1. The molecule has 0 aliphatic heterocycles. The second kappa shape index (κ2) is 5.72. The number of nitrogens with one attached hydrogen (secondary N) is 1. The van der Waals surface area contributed by atoms with Gasteiger partial charge in [0.05, 0.1) is 5.56 Å². The smallest absolute Gasteiger partial charge is 0.258 e. The normalized spacial score (nSPS) is 10.3. The van der Waals surface area contributed by atoms with Crippen molar-refractivity contribution in [2.24, 2.45) is 0 Å². The van der Waals surface area contributed by atoms with Crippen LogP contribution < -0.4 is 5.32 Å². The zero-order chi connectivity index (χ0) is 14.0. The van der Waals surface area contributed by atoms with Crippen LogP contribution in [0.2, 0.25) is 5.02 Å². The van der Waals surface area contributed by atoms with Crippen molar-refractivity contribution in [3.8, 4) is 0 Å². The summed E-state index contributed by atoms with van der Waals surface area (Å²) in [6, 6.07) is 9.30. The summed E-state index contributed by atoms with van der Waals surface area (Å²) in [5.41, 5.74) is 1.44. The Morgan fingerprint density at radius 1 is 1.26 bits per heavy atom. The summed E-state index contributed by atoms with van der Waals surface area (Å²) in [5, 5.41) is 2.98. The predicted molar refractivity (Wildman–Crippen MR) is 78.2 cm³/mol. The number of hydrogen-bond donors (Lipinski definition) is 1. The Labute approximate surface area is 123 Å². The van der Waals surface area contributed by atoms with Crippen LogP contribution in [0.15, 0.2) is 40.9 Å². The summed E-state index contributed by atoms with van der Waals surface area (Å²) in [7, 11) is 0. The SMILES string of the molecule is Cc1cc(Br)ccc1NC(=O)c1cc(Cl)ccc1F. The summed E-state index contributed by atoms with van der Waals surface area (Å²) in [4.78, 5) is 12.0. The van der Waals surface area contributed by atoms with Crippen LogP contribution in [0.25, 0.3) is 0 Å². The minimum atomic E-state index is -0.600. The van der Waals surface area contributed by atoms with Crippen molar-refractivity contribution in [2.75, 3.05) is 5.32 Å². The molecule has 98 valence electrons. The number of rotatable bonds is 2. The van der Waals surface area contributed by atoms with Gasteiger partial charge in [-0.2, -0.15) is 0 Å². The molecule has 1 amide bonds. The van der Waals surface area contributed by atoms with Gasteiger partial charge >= 0.3 is 0 Å². The molecule has 0 heterocycles. The highest BCUT2D eigenvalue weighted by Crippen LogP contribution is 2.22. The van der Waals surface area contributed by atoms with Crippen molar-refractivity contribution in [1.29, 1.82) is 0 Å². The zero-order valence-electron chi connectivity index (χ0n) is 10.0. The monoisotopic (exact) mass is 341 g/mol. The molecule has 19 heavy (non-hydrogen) atoms. The van der Waals surface area contributed by atoms with Crippen LogP contribution in [0.5, 0.6) is 0 Å². The molecular formula is C14H10BrClFNO. The number of carbonyl (C=O) groups is 1. The molecule has 0 saturated carbocycles. The summed E-state index contributed by atoms with van der Waals surface area (Å²) >= 11 is 9.10. The van der Waals surface area contributed by atoms with Crippen molar-refractivity contribution >= 4 is 39.1 Å². The van der Waals surface area contributed by atoms with Gasteiger partial charge in [-0.1, -0.05) is 27.5 Å². The van der Waals surface area contributed by atoms with Gasteiger partial charge in [0.2, 0.25) is 0 Å². The van der Waals surface area contributed by atoms with E-state index in [1.807, 2.05) is 13.0 Å². The van der Waals surface area contributed by atoms with Crippen LogP contribution in [-0.2, 0) is 0 Å². The van der Waals surface area contributed by atoms with Crippen LogP contribution in [0.4, 0.5) is 10.1 Å². The first-order valence-corrected chi connectivity index (χ1v) is 6.67. The Morgan fingerprint density at radius 2 is 2.00 bits per heavy atom. The molecule has 2 aromatic rings. The summed E-state index contributed by atoms with van der Waals surface area (Å²) in [5.74, 6) is -1.12. The Morgan fingerprint density at radius 3 is 2.68 bits per heavy atom. The van der Waals surface area contributed by atoms with E-state index >= 15 is 0 Å². The van der Waals surface area contributed by atoms with E-state index in [4.69, 9.17) is 11.6 Å². The van der Waals surface area contributed by atoms with E-state index in [1.165, 1.54) is 18.2 Å². The van der Waals surface area contributed by atoms with E-state index in [9.17, 15) is 9.18 Å². The van der Waals surface area contributed by atoms with Gasteiger partial charge in [0, 0.05) is 15.2 Å². The van der Waals surface area contributed by atoms with E-state index < -0.39 is 11.7 Å². The van der Waals surface area contributed by atoms with Crippen LogP contribution in [0.3, 0.4) is 0 Å². The van der Waals surface area contributed by atoms with Gasteiger partial charge in [0.25, 0.3) is 5.91 Å². The molecule has 0 fully saturated rings. The van der Waals surface area contributed by atoms with Crippen molar-refractivity contribution in [3.05, 3.63) is 62.8 Å². The third-order valence-corrected chi connectivity index (χ3v) is 3.34. The van der Waals surface area contributed by atoms with Gasteiger partial charge in [-0.3, -0.25) is 4.79 Å². The fourth-order valence-electron chi connectivity index (χ4n) is 1.63. The van der Waals surface area contributed by atoms with Gasteiger partial charge in [0.1, 0.15) is 5.82 Å². The van der Waals surface area contributed by atoms with E-state index in [0.717, 1.165) is 10.0 Å². The fraction of sp³-hybridized carbons (Fsp3) is 0.0714. The number of carbonyl (C=O) groups excluding carboxylic acids is 1. The lowest BCUT2D eigenvalue weighted by Gasteiger charge is -2.09. The standard InChI is InChI=1S/C14H10BrClFNO/c1-8-6-9(15)2-5-13(8)18-14(19)11-7-10(16)3-4-12(11)17/h2-7H,1H3,(H,18,19). The second-order valence-electron chi connectivity index (χ2n) is 4.04. The molecule has 5 heteroatoms. The number of anilines is 1. The number of hydrogen-bond acceptors (Lipinski definition) is 1. The summed E-state index contributed by atoms with van der Waals surface area (Å²) < 4.78 is 14.5. The van der Waals surface area contributed by atoms with Crippen molar-refractivity contribution in [3.63, 3.8) is 0 Å². The zero-order valence-corrected chi connectivity index (χ0v) is 12.3. The lowest BCUT2D eigenvalue weighted by molar-refractivity contribution is 0.102. The maximum atomic E-state index is 13.6. The molecule has 0 spiro atoms. The number of halogens is 3. The Bertz CT molecular complexity index is 645. The molecule has 0 aliphatic rings. The Balaban J connectivity index is 2.28. The van der Waals surface area contributed by atoms with Gasteiger partial charge in [-0.25, -0.2) is 4.39 Å². The molecular weight excluding hydrogens is 333 g/mol. The Kier molecular flexibility index (Phi) is 4.22. The van der Waals surface area contributed by atoms with E-state index in [1.54, 1.807) is 12.1 Å². The molecule has 0 aromatic heterocycles. The van der Waals surface area contributed by atoms with Gasteiger partial charge in [-0.05, 0) is 48.9 Å². The van der Waals surface area contributed by atoms with Crippen molar-refractivity contribution in [2.45, 2.75) is 6.92 Å². The topological polar surface area (TPSA) is 29.1 Å². The average molecular weight is 343 g/mol. The van der Waals surface area contributed by atoms with Gasteiger partial charge in [0.15, 0.2) is 0 Å². The lowest BCUT2D eigenvalue weighted by atomic mass is 10.1. The summed E-state index contributed by atoms with van der Waals surface area (Å²) in [6.07, 6.45) is 0. The first-order valence-electron chi connectivity index (χ1n) is 5.50. The molecule has 0 radical (unpaired) electrons. The largest absolute Gasteiger partial charge is 0.322 e. The molecule has 2 nitrogen and oxygen atoms in total. The minimum absolute atomic E-state index is 0.0742. The molecule has 0 saturated heterocycles. The highest BCUT2D eigenvalue weighted by Gasteiger charge is 2.13. The van der Waals surface area contributed by atoms with E-state index in [2.05, 4.69) is 21.2 Å². The van der Waals surface area contributed by atoms with E-state index in [-0.39, 0.29) is 5.56 Å². The highest BCUT2D eigenvalue weighted by molar-refractivity contribution is 9.10. The van der Waals surface area contributed by atoms with Crippen LogP contribution in [0.1, 0.15) is 15.9 Å². The van der Waals surface area contributed by atoms with Gasteiger partial charge in [-0.15, -0.1) is 0 Å². The molecule has 1 N–H and O–H groups in total. The average Bonchev–Trinajstić information content (AvgIpc) is 2.35. The first-order chi connectivity index (χ1) is 8.97. The van der Waals surface area contributed by atoms with Crippen LogP contribution >= 0.6 is 27.5 Å². The minimum Gasteiger partial charge on any atom is -0.322 e. The molecule has 0 unspecified atom stereocenters. The third-order valence-electron chi connectivity index (χ3n) is 2.61. The van der Waals surface area contributed by atoms with Crippen LogP contribution in [0, 0.1) is 12.7 Å². The van der Waals surface area contributed by atoms with Crippen LogP contribution in [-0.4, -0.2) is 5.91 Å². The highest BCUT2D eigenvalue weighted by atomic mass is 79.9. The maximum Gasteiger partial charge on any atom is 0.258 e. The summed E-state index contributed by atoms with van der Waals surface area (Å²) in [6.45, 7) is 1.86. The molecule has 0 aliphatic carbocycles. The molecule has 2 aromatic carbocycles. The van der Waals surface area contributed by atoms with Crippen molar-refractivity contribution in [1.82, 2.24) is 0 Å². The Hall–Kier alpha value is -1.39. The third kappa shape index (κ3) is 3.33. The lowest BCUT2D eigenvalue weighted by Crippen LogP contribution is -2.14. The van der Waals surface area contributed by atoms with E-state index in [0.29, 0.717) is 10.7 Å². The molecule has 2 rings (SSSR count). The maximum absolute atomic E-state index is 13.6. The predicted octanol–water partition coefficient (Wildman–Crippen LogP) is 4.80. The molecule has 0 atom stereocenters. The number of benzene rings is 2. The quantitative estimate of drug-likeness (QED) is 0.834. The second-order valence-corrected chi connectivity index (χ2v) is 5.39. The first kappa shape index (κ1) is 14.0. The van der Waals surface area contributed by atoms with Gasteiger partial charge < -0.3 is 5.32 Å². The number of amides is 1. The fourth-order valence-corrected chi connectivity index (χ4v) is 2.28.